The summed E-state index contributed by atoms with van der Waals surface area (Å²) in [4.78, 5) is 11.4. The largest absolute Gasteiger partial charge is 0.290 e. The highest BCUT2D eigenvalue weighted by Crippen LogP contribution is 2.11. The van der Waals surface area contributed by atoms with E-state index in [2.05, 4.69) is 0 Å². The van der Waals surface area contributed by atoms with Gasteiger partial charge in [-0.15, -0.1) is 0 Å². The number of hydrogen-bond acceptors (Lipinski definition) is 1. The fourth-order valence-electron chi connectivity index (χ4n) is 1.42. The monoisotopic (exact) mass is 168 g/mol. The molecule has 0 saturated carbocycles. The third-order valence-electron chi connectivity index (χ3n) is 1.99. The SMILES string of the molecule is Cc1cc(=O)n(C(C)(C)C)n1C. The first kappa shape index (κ1) is 9.10. The summed E-state index contributed by atoms with van der Waals surface area (Å²) in [6.45, 7) is 8.00. The van der Waals surface area contributed by atoms with E-state index >= 15 is 0 Å². The van der Waals surface area contributed by atoms with Gasteiger partial charge in [0.25, 0.3) is 5.56 Å². The van der Waals surface area contributed by atoms with Gasteiger partial charge in [-0.25, -0.2) is 4.68 Å². The maximum absolute atomic E-state index is 11.4. The fraction of sp³-hybridized carbons (Fsp3) is 0.667. The van der Waals surface area contributed by atoms with Crippen molar-refractivity contribution in [3.8, 4) is 0 Å². The van der Waals surface area contributed by atoms with Crippen molar-refractivity contribution in [2.75, 3.05) is 0 Å². The third-order valence-corrected chi connectivity index (χ3v) is 1.99. The van der Waals surface area contributed by atoms with Gasteiger partial charge in [0.15, 0.2) is 0 Å². The molecule has 0 spiro atoms. The minimum Gasteiger partial charge on any atom is -0.290 e. The van der Waals surface area contributed by atoms with Crippen LogP contribution in [0.15, 0.2) is 10.9 Å². The van der Waals surface area contributed by atoms with Gasteiger partial charge in [0, 0.05) is 18.8 Å². The summed E-state index contributed by atoms with van der Waals surface area (Å²) in [6, 6.07) is 1.66. The first-order chi connectivity index (χ1) is 5.34. The van der Waals surface area contributed by atoms with Crippen molar-refractivity contribution in [3.05, 3.63) is 22.1 Å². The fourth-order valence-corrected chi connectivity index (χ4v) is 1.42. The smallest absolute Gasteiger partial charge is 0.267 e. The molecule has 0 aliphatic carbocycles. The molecule has 0 aliphatic heterocycles. The van der Waals surface area contributed by atoms with Crippen LogP contribution in [0.25, 0.3) is 0 Å². The molecule has 0 radical (unpaired) electrons. The molecule has 0 amide bonds. The topological polar surface area (TPSA) is 26.9 Å². The van der Waals surface area contributed by atoms with E-state index in [0.717, 1.165) is 5.69 Å². The summed E-state index contributed by atoms with van der Waals surface area (Å²) >= 11 is 0. The molecule has 3 nitrogen and oxygen atoms in total. The maximum atomic E-state index is 11.4. The highest BCUT2D eigenvalue weighted by atomic mass is 16.1. The highest BCUT2D eigenvalue weighted by Gasteiger charge is 2.18. The molecule has 68 valence electrons. The number of nitrogens with zero attached hydrogens (tertiary/aromatic N) is 2. The lowest BCUT2D eigenvalue weighted by Gasteiger charge is -2.23. The lowest BCUT2D eigenvalue weighted by Crippen LogP contribution is -2.35. The Morgan fingerprint density at radius 2 is 1.83 bits per heavy atom. The van der Waals surface area contributed by atoms with Crippen LogP contribution in [-0.2, 0) is 12.6 Å². The average molecular weight is 168 g/mol. The van der Waals surface area contributed by atoms with Crippen LogP contribution in [0.4, 0.5) is 0 Å². The summed E-state index contributed by atoms with van der Waals surface area (Å²) < 4.78 is 3.64. The van der Waals surface area contributed by atoms with Crippen LogP contribution >= 0.6 is 0 Å². The summed E-state index contributed by atoms with van der Waals surface area (Å²) in [6.07, 6.45) is 0. The summed E-state index contributed by atoms with van der Waals surface area (Å²) in [5, 5.41) is 0. The quantitative estimate of drug-likeness (QED) is 0.572. The van der Waals surface area contributed by atoms with Crippen LogP contribution in [0.5, 0.6) is 0 Å². The second-order valence-electron chi connectivity index (χ2n) is 4.13. The number of aromatic nitrogens is 2. The molecule has 1 heterocycles. The second-order valence-corrected chi connectivity index (χ2v) is 4.13. The zero-order chi connectivity index (χ0) is 9.52. The zero-order valence-electron chi connectivity index (χ0n) is 8.38. The zero-order valence-corrected chi connectivity index (χ0v) is 8.38. The van der Waals surface area contributed by atoms with Crippen molar-refractivity contribution in [2.24, 2.45) is 7.05 Å². The summed E-state index contributed by atoms with van der Waals surface area (Å²) in [5.74, 6) is 0. The lowest BCUT2D eigenvalue weighted by atomic mass is 10.1. The molecule has 0 bridgehead atoms. The molecular weight excluding hydrogens is 152 g/mol. The molecular formula is C9H16N2O. The van der Waals surface area contributed by atoms with Crippen LogP contribution < -0.4 is 5.56 Å². The molecule has 0 fully saturated rings. The van der Waals surface area contributed by atoms with Gasteiger partial charge in [0.1, 0.15) is 0 Å². The van der Waals surface area contributed by atoms with E-state index in [1.54, 1.807) is 10.7 Å². The Hall–Kier alpha value is -0.990. The summed E-state index contributed by atoms with van der Waals surface area (Å²) in [7, 11) is 1.90. The van der Waals surface area contributed by atoms with Crippen molar-refractivity contribution in [3.63, 3.8) is 0 Å². The van der Waals surface area contributed by atoms with Gasteiger partial charge in [-0.05, 0) is 27.7 Å². The van der Waals surface area contributed by atoms with E-state index in [9.17, 15) is 4.79 Å². The van der Waals surface area contributed by atoms with E-state index in [4.69, 9.17) is 0 Å². The first-order valence-corrected chi connectivity index (χ1v) is 4.10. The molecule has 0 unspecified atom stereocenters. The lowest BCUT2D eigenvalue weighted by molar-refractivity contribution is 0.299. The van der Waals surface area contributed by atoms with E-state index in [-0.39, 0.29) is 11.1 Å². The highest BCUT2D eigenvalue weighted by molar-refractivity contribution is 5.00. The molecule has 0 aromatic carbocycles. The molecule has 3 heteroatoms. The molecule has 1 aromatic heterocycles. The third kappa shape index (κ3) is 1.31. The van der Waals surface area contributed by atoms with Gasteiger partial charge in [0.2, 0.25) is 0 Å². The van der Waals surface area contributed by atoms with Gasteiger partial charge in [-0.2, -0.15) is 0 Å². The molecule has 0 atom stereocenters. The Morgan fingerprint density at radius 1 is 1.33 bits per heavy atom. The van der Waals surface area contributed by atoms with Gasteiger partial charge < -0.3 is 0 Å². The molecule has 12 heavy (non-hydrogen) atoms. The molecule has 1 aromatic rings. The van der Waals surface area contributed by atoms with E-state index in [0.29, 0.717) is 0 Å². The Labute approximate surface area is 72.6 Å². The van der Waals surface area contributed by atoms with Crippen molar-refractivity contribution in [2.45, 2.75) is 33.2 Å². The Bertz CT molecular complexity index is 338. The summed E-state index contributed by atoms with van der Waals surface area (Å²) in [5.41, 5.74) is 0.928. The van der Waals surface area contributed by atoms with Crippen molar-refractivity contribution in [1.82, 2.24) is 9.36 Å². The van der Waals surface area contributed by atoms with Gasteiger partial charge in [0.05, 0.1) is 5.54 Å². The maximum Gasteiger partial charge on any atom is 0.267 e. The molecule has 1 rings (SSSR count). The van der Waals surface area contributed by atoms with Crippen LogP contribution in [0.3, 0.4) is 0 Å². The van der Waals surface area contributed by atoms with E-state index in [1.807, 2.05) is 39.4 Å². The number of aryl methyl sites for hydroxylation is 1. The first-order valence-electron chi connectivity index (χ1n) is 4.10. The predicted octanol–water partition coefficient (Wildman–Crippen LogP) is 1.25. The Morgan fingerprint density at radius 3 is 2.00 bits per heavy atom. The molecule has 0 saturated heterocycles. The van der Waals surface area contributed by atoms with Crippen LogP contribution in [0, 0.1) is 6.92 Å². The van der Waals surface area contributed by atoms with Crippen molar-refractivity contribution < 1.29 is 0 Å². The van der Waals surface area contributed by atoms with E-state index in [1.165, 1.54) is 0 Å². The average Bonchev–Trinajstić information content (AvgIpc) is 2.05. The van der Waals surface area contributed by atoms with E-state index < -0.39 is 0 Å². The van der Waals surface area contributed by atoms with Gasteiger partial charge in [-0.1, -0.05) is 0 Å². The van der Waals surface area contributed by atoms with Crippen molar-refractivity contribution >= 4 is 0 Å². The minimum atomic E-state index is -0.139. The van der Waals surface area contributed by atoms with Crippen molar-refractivity contribution in [1.29, 1.82) is 0 Å². The van der Waals surface area contributed by atoms with Crippen LogP contribution in [0.2, 0.25) is 0 Å². The second kappa shape index (κ2) is 2.51. The molecule has 0 aliphatic rings. The predicted molar refractivity (Wildman–Crippen MR) is 49.4 cm³/mol. The minimum absolute atomic E-state index is 0.0718. The van der Waals surface area contributed by atoms with Gasteiger partial charge in [-0.3, -0.25) is 9.48 Å². The number of hydrogen-bond donors (Lipinski definition) is 0. The standard InChI is InChI=1S/C9H16N2O/c1-7-6-8(12)11(10(7)5)9(2,3)4/h6H,1-5H3. The Balaban J connectivity index is 3.43. The van der Waals surface area contributed by atoms with Gasteiger partial charge >= 0.3 is 0 Å². The molecule has 0 N–H and O–H groups in total. The van der Waals surface area contributed by atoms with Crippen LogP contribution in [0.1, 0.15) is 26.5 Å². The van der Waals surface area contributed by atoms with Crippen LogP contribution in [-0.4, -0.2) is 9.36 Å². The Kier molecular flexibility index (Phi) is 1.90. The number of rotatable bonds is 0. The normalized spacial score (nSPS) is 12.1.